The number of H-pyrrole nitrogens is 1. The van der Waals surface area contributed by atoms with Crippen molar-refractivity contribution in [2.45, 2.75) is 38.8 Å². The summed E-state index contributed by atoms with van der Waals surface area (Å²) in [7, 11) is 1.83. The summed E-state index contributed by atoms with van der Waals surface area (Å²) in [4.78, 5) is 24.7. The normalized spacial score (nSPS) is 16.1. The van der Waals surface area contributed by atoms with Gasteiger partial charge in [-0.1, -0.05) is 24.6 Å². The van der Waals surface area contributed by atoms with Gasteiger partial charge in [-0.15, -0.1) is 0 Å². The zero-order valence-corrected chi connectivity index (χ0v) is 18.3. The number of anilines is 1. The zero-order valence-electron chi connectivity index (χ0n) is 18.3. The van der Waals surface area contributed by atoms with Crippen molar-refractivity contribution in [2.75, 3.05) is 25.9 Å². The molecule has 0 spiro atoms. The summed E-state index contributed by atoms with van der Waals surface area (Å²) in [5.41, 5.74) is 10.1. The number of carbonyl (C=O) groups is 1. The maximum absolute atomic E-state index is 12.8. The quantitative estimate of drug-likeness (QED) is 0.584. The highest BCUT2D eigenvalue weighted by Gasteiger charge is 2.17. The molecule has 3 heterocycles. The van der Waals surface area contributed by atoms with Gasteiger partial charge in [-0.3, -0.25) is 9.69 Å². The first-order chi connectivity index (χ1) is 15.0. The van der Waals surface area contributed by atoms with E-state index in [0.717, 1.165) is 47.4 Å². The van der Waals surface area contributed by atoms with Gasteiger partial charge in [0.25, 0.3) is 0 Å². The van der Waals surface area contributed by atoms with Crippen LogP contribution in [0.4, 0.5) is 5.82 Å². The topological polar surface area (TPSA) is 78.2 Å². The monoisotopic (exact) mass is 417 g/mol. The smallest absolute Gasteiger partial charge is 0.246 e. The minimum absolute atomic E-state index is 0.0550. The molecule has 2 aromatic heterocycles. The summed E-state index contributed by atoms with van der Waals surface area (Å²) in [5.74, 6) is 0.513. The summed E-state index contributed by atoms with van der Waals surface area (Å²) in [6.07, 6.45) is 8.93. The molecule has 1 unspecified atom stereocenters. The molecular formula is C25H31N5O. The number of hydrogen-bond acceptors (Lipinski definition) is 4. The number of rotatable bonds is 6. The summed E-state index contributed by atoms with van der Waals surface area (Å²) in [6, 6.07) is 12.2. The molecule has 0 radical (unpaired) electrons. The van der Waals surface area contributed by atoms with Gasteiger partial charge in [-0.25, -0.2) is 4.98 Å². The number of likely N-dealkylation sites (tertiary alicyclic amines) is 1. The molecule has 4 rings (SSSR count). The fourth-order valence-corrected chi connectivity index (χ4v) is 4.12. The van der Waals surface area contributed by atoms with Crippen molar-refractivity contribution < 1.29 is 4.79 Å². The van der Waals surface area contributed by atoms with E-state index in [1.807, 2.05) is 44.3 Å². The number of nitrogen functional groups attached to an aromatic ring is 1. The number of aromatic amines is 1. The van der Waals surface area contributed by atoms with E-state index in [1.165, 1.54) is 19.3 Å². The number of carbonyl (C=O) groups excluding carboxylic acids is 1. The molecule has 3 aromatic rings. The van der Waals surface area contributed by atoms with Gasteiger partial charge in [0.05, 0.1) is 6.04 Å². The maximum atomic E-state index is 12.8. The van der Waals surface area contributed by atoms with Gasteiger partial charge in [0.15, 0.2) is 0 Å². The molecule has 3 N–H and O–H groups in total. The van der Waals surface area contributed by atoms with Gasteiger partial charge in [0.1, 0.15) is 5.82 Å². The van der Waals surface area contributed by atoms with Gasteiger partial charge in [-0.05, 0) is 68.1 Å². The number of aromatic nitrogens is 2. The number of likely N-dealkylation sites (N-methyl/N-ethyl adjacent to an activating group) is 1. The second-order valence-electron chi connectivity index (χ2n) is 8.42. The van der Waals surface area contributed by atoms with Crippen LogP contribution in [0, 0.1) is 0 Å². The Labute approximate surface area is 183 Å². The Morgan fingerprint density at radius 1 is 1.26 bits per heavy atom. The van der Waals surface area contributed by atoms with Crippen LogP contribution in [0.2, 0.25) is 0 Å². The van der Waals surface area contributed by atoms with Crippen LogP contribution in [0.5, 0.6) is 0 Å². The minimum Gasteiger partial charge on any atom is -0.383 e. The molecule has 1 saturated heterocycles. The number of nitrogens with one attached hydrogen (secondary N) is 1. The number of para-hydroxylation sites is 1. The Balaban J connectivity index is 1.43. The Kier molecular flexibility index (Phi) is 6.37. The third kappa shape index (κ3) is 4.97. The maximum Gasteiger partial charge on any atom is 0.246 e. The van der Waals surface area contributed by atoms with Crippen LogP contribution in [-0.4, -0.2) is 45.8 Å². The fraction of sp³-hybridized carbons (Fsp3) is 0.360. The van der Waals surface area contributed by atoms with Crippen LogP contribution in [0.3, 0.4) is 0 Å². The molecule has 162 valence electrons. The van der Waals surface area contributed by atoms with Crippen molar-refractivity contribution in [1.82, 2.24) is 19.8 Å². The van der Waals surface area contributed by atoms with E-state index in [4.69, 9.17) is 5.73 Å². The average Bonchev–Trinajstić information content (AvgIpc) is 3.23. The highest BCUT2D eigenvalue weighted by molar-refractivity contribution is 5.92. The number of nitrogens with two attached hydrogens (primary N) is 1. The number of benzene rings is 1. The largest absolute Gasteiger partial charge is 0.383 e. The summed E-state index contributed by atoms with van der Waals surface area (Å²) < 4.78 is 0. The molecular weight excluding hydrogens is 386 g/mol. The van der Waals surface area contributed by atoms with Crippen LogP contribution >= 0.6 is 0 Å². The fourth-order valence-electron chi connectivity index (χ4n) is 4.12. The lowest BCUT2D eigenvalue weighted by atomic mass is 10.1. The van der Waals surface area contributed by atoms with Crippen LogP contribution in [0.1, 0.15) is 49.0 Å². The van der Waals surface area contributed by atoms with E-state index < -0.39 is 0 Å². The Hall–Kier alpha value is -3.12. The molecule has 0 aliphatic carbocycles. The lowest BCUT2D eigenvalue weighted by Gasteiger charge is -2.26. The van der Waals surface area contributed by atoms with Gasteiger partial charge < -0.3 is 15.6 Å². The minimum atomic E-state index is -0.0660. The zero-order chi connectivity index (χ0) is 21.8. The number of pyridine rings is 1. The third-order valence-corrected chi connectivity index (χ3v) is 6.21. The van der Waals surface area contributed by atoms with Crippen molar-refractivity contribution in [2.24, 2.45) is 0 Å². The predicted molar refractivity (Wildman–Crippen MR) is 126 cm³/mol. The van der Waals surface area contributed by atoms with Crippen molar-refractivity contribution in [1.29, 1.82) is 0 Å². The van der Waals surface area contributed by atoms with Gasteiger partial charge >= 0.3 is 0 Å². The molecule has 1 aromatic carbocycles. The van der Waals surface area contributed by atoms with Gasteiger partial charge in [0.2, 0.25) is 5.91 Å². The predicted octanol–water partition coefficient (Wildman–Crippen LogP) is 4.36. The Morgan fingerprint density at radius 3 is 2.81 bits per heavy atom. The van der Waals surface area contributed by atoms with E-state index in [0.29, 0.717) is 5.82 Å². The van der Waals surface area contributed by atoms with E-state index in [-0.39, 0.29) is 11.9 Å². The van der Waals surface area contributed by atoms with E-state index in [1.54, 1.807) is 17.2 Å². The number of fused-ring (bicyclic) bond motifs is 1. The van der Waals surface area contributed by atoms with E-state index >= 15 is 0 Å². The Morgan fingerprint density at radius 2 is 2.03 bits per heavy atom. The second-order valence-corrected chi connectivity index (χ2v) is 8.42. The molecule has 31 heavy (non-hydrogen) atoms. The second kappa shape index (κ2) is 9.35. The van der Waals surface area contributed by atoms with Crippen molar-refractivity contribution in [3.05, 3.63) is 65.5 Å². The van der Waals surface area contributed by atoms with Crippen molar-refractivity contribution in [3.8, 4) is 0 Å². The summed E-state index contributed by atoms with van der Waals surface area (Å²) in [5, 5.41) is 1.15. The summed E-state index contributed by atoms with van der Waals surface area (Å²) in [6.45, 7) is 5.05. The van der Waals surface area contributed by atoms with Crippen molar-refractivity contribution in [3.63, 3.8) is 0 Å². The molecule has 0 bridgehead atoms. The van der Waals surface area contributed by atoms with Crippen LogP contribution in [-0.2, 0) is 11.3 Å². The Bertz CT molecular complexity index is 1050. The molecule has 0 saturated carbocycles. The number of nitrogens with zero attached hydrogens (tertiary/aromatic N) is 3. The van der Waals surface area contributed by atoms with Crippen LogP contribution < -0.4 is 5.73 Å². The van der Waals surface area contributed by atoms with Crippen LogP contribution in [0.15, 0.2) is 48.7 Å². The highest BCUT2D eigenvalue weighted by atomic mass is 16.2. The van der Waals surface area contributed by atoms with Gasteiger partial charge in [0, 0.05) is 42.6 Å². The van der Waals surface area contributed by atoms with Crippen molar-refractivity contribution >= 4 is 28.7 Å². The molecule has 6 nitrogen and oxygen atoms in total. The molecule has 6 heteroatoms. The average molecular weight is 418 g/mol. The standard InChI is InChI=1S/C25H31N5O/c1-18(23-15-20-8-4-5-9-22(20)28-23)29(2)24(31)11-10-19-14-21(25(26)27-16-19)17-30-12-6-3-7-13-30/h4-5,8-11,14-16,18,28H,3,6-7,12-13,17H2,1-2H3,(H2,26,27)/b11-10+. The first-order valence-corrected chi connectivity index (χ1v) is 11.0. The number of piperidine rings is 1. The molecule has 1 amide bonds. The number of amides is 1. The van der Waals surface area contributed by atoms with E-state index in [2.05, 4.69) is 27.0 Å². The third-order valence-electron chi connectivity index (χ3n) is 6.21. The molecule has 1 aliphatic heterocycles. The molecule has 1 atom stereocenters. The highest BCUT2D eigenvalue weighted by Crippen LogP contribution is 2.24. The van der Waals surface area contributed by atoms with Crippen LogP contribution in [0.25, 0.3) is 17.0 Å². The SMILES string of the molecule is CC(c1cc2ccccc2[nH]1)N(C)C(=O)/C=C/c1cnc(N)c(CN2CCCCC2)c1. The van der Waals surface area contributed by atoms with Gasteiger partial charge in [-0.2, -0.15) is 0 Å². The summed E-state index contributed by atoms with van der Waals surface area (Å²) >= 11 is 0. The first kappa shape index (κ1) is 21.1. The molecule has 1 aliphatic rings. The van der Waals surface area contributed by atoms with E-state index in [9.17, 15) is 4.79 Å². The first-order valence-electron chi connectivity index (χ1n) is 11.0. The number of hydrogen-bond donors (Lipinski definition) is 2. The molecule has 1 fully saturated rings. The lowest BCUT2D eigenvalue weighted by molar-refractivity contribution is -0.126. The lowest BCUT2D eigenvalue weighted by Crippen LogP contribution is -2.29.